The Morgan fingerprint density at radius 1 is 1.11 bits per heavy atom. The van der Waals surface area contributed by atoms with Crippen molar-refractivity contribution in [3.05, 3.63) is 69.3 Å². The number of halogens is 1. The molecule has 27 heavy (non-hydrogen) atoms. The summed E-state index contributed by atoms with van der Waals surface area (Å²) in [6.07, 6.45) is 3.86. The lowest BCUT2D eigenvalue weighted by Crippen LogP contribution is -2.43. The van der Waals surface area contributed by atoms with Gasteiger partial charge in [-0.15, -0.1) is 0 Å². The maximum atomic E-state index is 12.8. The predicted octanol–water partition coefficient (Wildman–Crippen LogP) is 4.28. The summed E-state index contributed by atoms with van der Waals surface area (Å²) in [5.41, 5.74) is 1.42. The van der Waals surface area contributed by atoms with Crippen LogP contribution in [0.3, 0.4) is 0 Å². The SMILES string of the molecule is CC(=O)[C@@H]1[C@H](c2ccccc2I)C(C#N)(C#N)[C@H]2C=Cc3ccccc3N12. The number of anilines is 1. The van der Waals surface area contributed by atoms with E-state index in [1.165, 1.54) is 0 Å². The van der Waals surface area contributed by atoms with Crippen LogP contribution in [-0.2, 0) is 4.79 Å². The molecule has 4 rings (SSSR count). The summed E-state index contributed by atoms with van der Waals surface area (Å²) in [6, 6.07) is 19.1. The number of carbonyl (C=O) groups is 1. The molecule has 2 aromatic rings. The molecule has 0 unspecified atom stereocenters. The van der Waals surface area contributed by atoms with Gasteiger partial charge in [0.25, 0.3) is 0 Å². The molecule has 2 heterocycles. The van der Waals surface area contributed by atoms with Gasteiger partial charge in [0.2, 0.25) is 0 Å². The van der Waals surface area contributed by atoms with Crippen molar-refractivity contribution < 1.29 is 4.79 Å². The Hall–Kier alpha value is -2.64. The van der Waals surface area contributed by atoms with E-state index >= 15 is 0 Å². The molecule has 0 bridgehead atoms. The molecule has 0 spiro atoms. The van der Waals surface area contributed by atoms with Crippen molar-refractivity contribution in [2.75, 3.05) is 4.90 Å². The van der Waals surface area contributed by atoms with Crippen molar-refractivity contribution >= 4 is 40.1 Å². The van der Waals surface area contributed by atoms with E-state index in [0.29, 0.717) is 0 Å². The van der Waals surface area contributed by atoms with Crippen LogP contribution in [0, 0.1) is 31.6 Å². The first-order valence-electron chi connectivity index (χ1n) is 8.68. The molecule has 1 fully saturated rings. The number of benzene rings is 2. The lowest BCUT2D eigenvalue weighted by Gasteiger charge is -2.35. The van der Waals surface area contributed by atoms with Crippen LogP contribution in [0.4, 0.5) is 5.69 Å². The Morgan fingerprint density at radius 2 is 1.78 bits per heavy atom. The molecule has 2 aromatic carbocycles. The smallest absolute Gasteiger partial charge is 0.176 e. The average molecular weight is 465 g/mol. The highest BCUT2D eigenvalue weighted by Crippen LogP contribution is 2.55. The summed E-state index contributed by atoms with van der Waals surface area (Å²) < 4.78 is 0.957. The zero-order valence-electron chi connectivity index (χ0n) is 14.6. The van der Waals surface area contributed by atoms with Crippen molar-refractivity contribution in [2.24, 2.45) is 5.41 Å². The Kier molecular flexibility index (Phi) is 4.28. The Balaban J connectivity index is 2.03. The fraction of sp³-hybridized carbons (Fsp3) is 0.227. The van der Waals surface area contributed by atoms with Gasteiger partial charge in [0.1, 0.15) is 0 Å². The number of Topliss-reactive ketones (excluding diaryl/α,β-unsaturated/α-hetero) is 1. The van der Waals surface area contributed by atoms with Crippen LogP contribution in [0.15, 0.2) is 54.6 Å². The minimum absolute atomic E-state index is 0.0397. The Bertz CT molecular complexity index is 1030. The van der Waals surface area contributed by atoms with Gasteiger partial charge in [-0.05, 0) is 52.8 Å². The van der Waals surface area contributed by atoms with E-state index in [0.717, 1.165) is 20.4 Å². The highest BCUT2D eigenvalue weighted by atomic mass is 127. The van der Waals surface area contributed by atoms with Gasteiger partial charge in [0.15, 0.2) is 11.2 Å². The minimum Gasteiger partial charge on any atom is -0.351 e. The molecule has 0 aliphatic carbocycles. The first kappa shape index (κ1) is 17.8. The highest BCUT2D eigenvalue weighted by Gasteiger charge is 2.62. The highest BCUT2D eigenvalue weighted by molar-refractivity contribution is 14.1. The van der Waals surface area contributed by atoms with E-state index < -0.39 is 23.4 Å². The van der Waals surface area contributed by atoms with Crippen molar-refractivity contribution in [1.82, 2.24) is 0 Å². The zero-order valence-corrected chi connectivity index (χ0v) is 16.8. The minimum atomic E-state index is -1.35. The molecular weight excluding hydrogens is 449 g/mol. The summed E-state index contributed by atoms with van der Waals surface area (Å²) >= 11 is 2.22. The quantitative estimate of drug-likeness (QED) is 0.621. The van der Waals surface area contributed by atoms with Crippen LogP contribution in [0.5, 0.6) is 0 Å². The van der Waals surface area contributed by atoms with E-state index in [4.69, 9.17) is 0 Å². The van der Waals surface area contributed by atoms with E-state index in [1.54, 1.807) is 6.92 Å². The summed E-state index contributed by atoms with van der Waals surface area (Å²) in [5, 5.41) is 20.4. The monoisotopic (exact) mass is 465 g/mol. The van der Waals surface area contributed by atoms with E-state index in [-0.39, 0.29) is 5.78 Å². The van der Waals surface area contributed by atoms with Gasteiger partial charge >= 0.3 is 0 Å². The molecule has 1 saturated heterocycles. The van der Waals surface area contributed by atoms with Crippen molar-refractivity contribution in [3.8, 4) is 12.1 Å². The van der Waals surface area contributed by atoms with Crippen molar-refractivity contribution in [2.45, 2.75) is 24.9 Å². The Morgan fingerprint density at radius 3 is 2.44 bits per heavy atom. The number of para-hydroxylation sites is 1. The van der Waals surface area contributed by atoms with Gasteiger partial charge in [0.05, 0.1) is 24.2 Å². The third-order valence-electron chi connectivity index (χ3n) is 5.57. The average Bonchev–Trinajstić information content (AvgIpc) is 2.99. The van der Waals surface area contributed by atoms with Crippen molar-refractivity contribution in [3.63, 3.8) is 0 Å². The molecule has 0 N–H and O–H groups in total. The number of nitrogens with zero attached hydrogens (tertiary/aromatic N) is 3. The molecule has 132 valence electrons. The van der Waals surface area contributed by atoms with Gasteiger partial charge in [-0.25, -0.2) is 0 Å². The largest absolute Gasteiger partial charge is 0.351 e. The topological polar surface area (TPSA) is 67.9 Å². The zero-order chi connectivity index (χ0) is 19.2. The van der Waals surface area contributed by atoms with Gasteiger partial charge in [-0.3, -0.25) is 4.79 Å². The predicted molar refractivity (Wildman–Crippen MR) is 112 cm³/mol. The van der Waals surface area contributed by atoms with Crippen molar-refractivity contribution in [1.29, 1.82) is 10.5 Å². The molecule has 3 atom stereocenters. The maximum Gasteiger partial charge on any atom is 0.176 e. The van der Waals surface area contributed by atoms with E-state index in [9.17, 15) is 15.3 Å². The van der Waals surface area contributed by atoms with Gasteiger partial charge in [-0.2, -0.15) is 10.5 Å². The summed E-state index contributed by atoms with van der Waals surface area (Å²) in [7, 11) is 0. The fourth-order valence-corrected chi connectivity index (χ4v) is 5.18. The Labute approximate surface area is 171 Å². The number of ketones is 1. The van der Waals surface area contributed by atoms with Crippen LogP contribution in [-0.4, -0.2) is 17.9 Å². The van der Waals surface area contributed by atoms with E-state index in [2.05, 4.69) is 34.7 Å². The molecule has 4 nitrogen and oxygen atoms in total. The first-order valence-corrected chi connectivity index (χ1v) is 9.76. The summed E-state index contributed by atoms with van der Waals surface area (Å²) in [6.45, 7) is 1.55. The number of nitriles is 2. The number of rotatable bonds is 2. The fourth-order valence-electron chi connectivity index (χ4n) is 4.46. The second kappa shape index (κ2) is 6.51. The molecule has 0 radical (unpaired) electrons. The summed E-state index contributed by atoms with van der Waals surface area (Å²) in [5.74, 6) is -0.568. The third-order valence-corrected chi connectivity index (χ3v) is 6.55. The third kappa shape index (κ3) is 2.42. The standard InChI is InChI=1S/C22H16IN3O/c1-14(27)21-20(16-7-3-4-8-17(16)23)22(12-24,13-25)19-11-10-15-6-2-5-9-18(15)26(19)21/h2-11,19-21H,1H3/t19-,20+,21-/m1/s1. The molecule has 0 amide bonds. The molecule has 2 aliphatic heterocycles. The maximum absolute atomic E-state index is 12.8. The lowest BCUT2D eigenvalue weighted by atomic mass is 9.69. The normalized spacial score (nSPS) is 24.4. The van der Waals surface area contributed by atoms with Crippen LogP contribution < -0.4 is 4.90 Å². The molecule has 0 aromatic heterocycles. The van der Waals surface area contributed by atoms with Gasteiger partial charge in [-0.1, -0.05) is 48.6 Å². The van der Waals surface area contributed by atoms with Crippen LogP contribution in [0.2, 0.25) is 0 Å². The molecule has 2 aliphatic rings. The lowest BCUT2D eigenvalue weighted by molar-refractivity contribution is -0.118. The number of hydrogen-bond donors (Lipinski definition) is 0. The number of carbonyl (C=O) groups excluding carboxylic acids is 1. The van der Waals surface area contributed by atoms with Crippen LogP contribution in [0.25, 0.3) is 6.08 Å². The summed E-state index contributed by atoms with van der Waals surface area (Å²) in [4.78, 5) is 14.8. The number of fused-ring (bicyclic) bond motifs is 3. The van der Waals surface area contributed by atoms with E-state index in [1.807, 2.05) is 65.6 Å². The second-order valence-electron chi connectivity index (χ2n) is 6.92. The number of hydrogen-bond acceptors (Lipinski definition) is 4. The van der Waals surface area contributed by atoms with Gasteiger partial charge < -0.3 is 4.90 Å². The van der Waals surface area contributed by atoms with Crippen LogP contribution in [0.1, 0.15) is 24.0 Å². The molecular formula is C22H16IN3O. The first-order chi connectivity index (χ1) is 13.0. The van der Waals surface area contributed by atoms with Crippen LogP contribution >= 0.6 is 22.6 Å². The molecule has 0 saturated carbocycles. The van der Waals surface area contributed by atoms with Gasteiger partial charge in [0, 0.05) is 15.2 Å². The molecule has 5 heteroatoms. The second-order valence-corrected chi connectivity index (χ2v) is 8.08.